The molecule has 0 aliphatic carbocycles. The number of nitrogens with one attached hydrogen (secondary N) is 1. The smallest absolute Gasteiger partial charge is 0.410 e. The Morgan fingerprint density at radius 1 is 1.07 bits per heavy atom. The molecule has 30 heavy (non-hydrogen) atoms. The topological polar surface area (TPSA) is 48.0 Å². The van der Waals surface area contributed by atoms with Gasteiger partial charge >= 0.3 is 6.09 Å². The molecule has 3 rings (SSSR count). The van der Waals surface area contributed by atoms with Gasteiger partial charge in [-0.1, -0.05) is 19.1 Å². The maximum absolute atomic E-state index is 12.2. The third-order valence-corrected chi connectivity index (χ3v) is 6.15. The molecule has 0 saturated carbocycles. The molecule has 0 unspecified atom stereocenters. The number of anilines is 1. The van der Waals surface area contributed by atoms with E-state index in [4.69, 9.17) is 17.0 Å². The maximum Gasteiger partial charge on any atom is 0.410 e. The Kier molecular flexibility index (Phi) is 7.58. The molecule has 0 aromatic heterocycles. The lowest BCUT2D eigenvalue weighted by Gasteiger charge is -2.36. The first-order valence-electron chi connectivity index (χ1n) is 11.1. The predicted octanol–water partition coefficient (Wildman–Crippen LogP) is 3.49. The van der Waals surface area contributed by atoms with Crippen molar-refractivity contribution < 1.29 is 9.53 Å². The molecule has 166 valence electrons. The highest BCUT2D eigenvalue weighted by Gasteiger charge is 2.26. The molecule has 0 spiro atoms. The fraction of sp³-hybridized carbons (Fsp3) is 0.652. The van der Waals surface area contributed by atoms with E-state index in [1.54, 1.807) is 4.90 Å². The lowest BCUT2D eigenvalue weighted by atomic mass is 10.0. The van der Waals surface area contributed by atoms with Gasteiger partial charge in [-0.25, -0.2) is 4.79 Å². The standard InChI is InChI=1S/C23H36N4O2S/c1-5-25-12-10-19(11-13-25)24-21(30)18-6-8-20(9-7-18)26-14-16-27(17-15-26)22(28)29-23(2,3)4/h6-9,19H,5,10-17H2,1-4H3,(H,24,30). The zero-order chi connectivity index (χ0) is 21.7. The number of piperidine rings is 1. The van der Waals surface area contributed by atoms with Crippen LogP contribution in [0.5, 0.6) is 0 Å². The molecular formula is C23H36N4O2S. The monoisotopic (exact) mass is 432 g/mol. The van der Waals surface area contributed by atoms with Crippen molar-refractivity contribution in [2.75, 3.05) is 50.7 Å². The van der Waals surface area contributed by atoms with Gasteiger partial charge in [-0.05, 0) is 64.4 Å². The van der Waals surface area contributed by atoms with E-state index in [0.717, 1.165) is 56.1 Å². The van der Waals surface area contributed by atoms with Gasteiger partial charge < -0.3 is 24.8 Å². The Balaban J connectivity index is 1.48. The predicted molar refractivity (Wildman–Crippen MR) is 126 cm³/mol. The van der Waals surface area contributed by atoms with E-state index >= 15 is 0 Å². The maximum atomic E-state index is 12.2. The zero-order valence-corrected chi connectivity index (χ0v) is 19.6. The molecule has 6 nitrogen and oxygen atoms in total. The molecule has 2 saturated heterocycles. The summed E-state index contributed by atoms with van der Waals surface area (Å²) < 4.78 is 5.48. The lowest BCUT2D eigenvalue weighted by molar-refractivity contribution is 0.0240. The summed E-state index contributed by atoms with van der Waals surface area (Å²) in [6, 6.07) is 8.94. The van der Waals surface area contributed by atoms with Gasteiger partial charge in [0.15, 0.2) is 0 Å². The van der Waals surface area contributed by atoms with E-state index in [9.17, 15) is 4.79 Å². The number of carbonyl (C=O) groups excluding carboxylic acids is 1. The molecule has 2 aliphatic rings. The largest absolute Gasteiger partial charge is 0.444 e. The van der Waals surface area contributed by atoms with Crippen molar-refractivity contribution in [2.45, 2.75) is 52.2 Å². The molecule has 0 atom stereocenters. The van der Waals surface area contributed by atoms with Gasteiger partial charge in [-0.2, -0.15) is 0 Å². The number of hydrogen-bond donors (Lipinski definition) is 1. The van der Waals surface area contributed by atoms with E-state index in [1.807, 2.05) is 20.8 Å². The van der Waals surface area contributed by atoms with Crippen molar-refractivity contribution in [3.63, 3.8) is 0 Å². The van der Waals surface area contributed by atoms with Crippen LogP contribution in [0.1, 0.15) is 46.1 Å². The summed E-state index contributed by atoms with van der Waals surface area (Å²) in [6.45, 7) is 14.3. The van der Waals surface area contributed by atoms with Crippen LogP contribution in [0.25, 0.3) is 0 Å². The van der Waals surface area contributed by atoms with Gasteiger partial charge in [0.1, 0.15) is 10.6 Å². The number of thiocarbonyl (C=S) groups is 1. The third kappa shape index (κ3) is 6.32. The van der Waals surface area contributed by atoms with Crippen molar-refractivity contribution >= 4 is 29.0 Å². The van der Waals surface area contributed by atoms with Crippen molar-refractivity contribution in [1.82, 2.24) is 15.1 Å². The Bertz CT molecular complexity index is 716. The molecule has 2 heterocycles. The van der Waals surface area contributed by atoms with Crippen LogP contribution in [0, 0.1) is 0 Å². The number of piperazine rings is 1. The zero-order valence-electron chi connectivity index (χ0n) is 18.8. The Hall–Kier alpha value is -1.86. The van der Waals surface area contributed by atoms with E-state index in [-0.39, 0.29) is 6.09 Å². The van der Waals surface area contributed by atoms with Crippen LogP contribution < -0.4 is 10.2 Å². The van der Waals surface area contributed by atoms with E-state index in [0.29, 0.717) is 19.1 Å². The average molecular weight is 433 g/mol. The fourth-order valence-corrected chi connectivity index (χ4v) is 4.26. The van der Waals surface area contributed by atoms with Crippen LogP contribution in [0.2, 0.25) is 0 Å². The van der Waals surface area contributed by atoms with Crippen LogP contribution in [0.15, 0.2) is 24.3 Å². The minimum absolute atomic E-state index is 0.223. The number of benzene rings is 1. The molecule has 2 fully saturated rings. The van der Waals surface area contributed by atoms with Crippen LogP contribution >= 0.6 is 12.2 Å². The molecule has 0 bridgehead atoms. The van der Waals surface area contributed by atoms with Crippen LogP contribution in [0.3, 0.4) is 0 Å². The van der Waals surface area contributed by atoms with Gasteiger partial charge in [-0.3, -0.25) is 0 Å². The quantitative estimate of drug-likeness (QED) is 0.735. The Morgan fingerprint density at radius 2 is 1.67 bits per heavy atom. The summed E-state index contributed by atoms with van der Waals surface area (Å²) in [7, 11) is 0. The molecule has 1 amide bonds. The molecule has 1 aromatic rings. The van der Waals surface area contributed by atoms with E-state index in [2.05, 4.69) is 46.3 Å². The number of nitrogens with zero attached hydrogens (tertiary/aromatic N) is 3. The summed E-state index contributed by atoms with van der Waals surface area (Å²) in [6.07, 6.45) is 2.07. The van der Waals surface area contributed by atoms with E-state index in [1.165, 1.54) is 5.69 Å². The summed E-state index contributed by atoms with van der Waals surface area (Å²) in [5.74, 6) is 0. The second kappa shape index (κ2) is 9.96. The molecule has 2 aliphatic heterocycles. The first-order chi connectivity index (χ1) is 14.2. The second-order valence-corrected chi connectivity index (χ2v) is 9.59. The Morgan fingerprint density at radius 3 is 2.20 bits per heavy atom. The van der Waals surface area contributed by atoms with Gasteiger partial charge in [-0.15, -0.1) is 0 Å². The van der Waals surface area contributed by atoms with Gasteiger partial charge in [0.25, 0.3) is 0 Å². The van der Waals surface area contributed by atoms with Gasteiger partial charge in [0, 0.05) is 56.6 Å². The highest BCUT2D eigenvalue weighted by molar-refractivity contribution is 7.80. The molecular weight excluding hydrogens is 396 g/mol. The minimum atomic E-state index is -0.455. The first-order valence-corrected chi connectivity index (χ1v) is 11.5. The van der Waals surface area contributed by atoms with Crippen LogP contribution in [0.4, 0.5) is 10.5 Å². The molecule has 7 heteroatoms. The summed E-state index contributed by atoms with van der Waals surface area (Å²) in [4.78, 5) is 19.7. The van der Waals surface area contributed by atoms with Crippen molar-refractivity contribution in [3.05, 3.63) is 29.8 Å². The normalized spacial score (nSPS) is 18.9. The number of hydrogen-bond acceptors (Lipinski definition) is 5. The summed E-state index contributed by atoms with van der Waals surface area (Å²) in [5.41, 5.74) is 1.78. The first kappa shape index (κ1) is 22.8. The fourth-order valence-electron chi connectivity index (χ4n) is 3.96. The van der Waals surface area contributed by atoms with Crippen molar-refractivity contribution in [1.29, 1.82) is 0 Å². The van der Waals surface area contributed by atoms with Crippen LogP contribution in [-0.4, -0.2) is 78.3 Å². The number of carbonyl (C=O) groups is 1. The van der Waals surface area contributed by atoms with Crippen molar-refractivity contribution in [2.24, 2.45) is 0 Å². The third-order valence-electron chi connectivity index (χ3n) is 5.80. The van der Waals surface area contributed by atoms with E-state index < -0.39 is 5.60 Å². The van der Waals surface area contributed by atoms with Crippen molar-refractivity contribution in [3.8, 4) is 0 Å². The lowest BCUT2D eigenvalue weighted by Crippen LogP contribution is -2.50. The van der Waals surface area contributed by atoms with Gasteiger partial charge in [0.2, 0.25) is 0 Å². The number of rotatable bonds is 4. The average Bonchev–Trinajstić information content (AvgIpc) is 2.73. The summed E-state index contributed by atoms with van der Waals surface area (Å²) in [5, 5.41) is 3.55. The molecule has 0 radical (unpaired) electrons. The SMILES string of the molecule is CCN1CCC(NC(=S)c2ccc(N3CCN(C(=O)OC(C)(C)C)CC3)cc2)CC1. The van der Waals surface area contributed by atoms with Gasteiger partial charge in [0.05, 0.1) is 0 Å². The highest BCUT2D eigenvalue weighted by Crippen LogP contribution is 2.19. The number of amides is 1. The molecule has 1 N–H and O–H groups in total. The number of ether oxygens (including phenoxy) is 1. The second-order valence-electron chi connectivity index (χ2n) is 9.18. The Labute approximate surface area is 186 Å². The number of likely N-dealkylation sites (tertiary alicyclic amines) is 1. The molecule has 1 aromatic carbocycles. The van der Waals surface area contributed by atoms with Crippen LogP contribution in [-0.2, 0) is 4.74 Å². The minimum Gasteiger partial charge on any atom is -0.444 e. The highest BCUT2D eigenvalue weighted by atomic mass is 32.1. The summed E-state index contributed by atoms with van der Waals surface area (Å²) >= 11 is 5.65.